The molecule has 2 aromatic carbocycles. The van der Waals surface area contributed by atoms with Crippen molar-refractivity contribution in [2.45, 2.75) is 58.0 Å². The highest BCUT2D eigenvalue weighted by Crippen LogP contribution is 2.40. The van der Waals surface area contributed by atoms with Gasteiger partial charge in [-0.15, -0.1) is 0 Å². The fourth-order valence-corrected chi connectivity index (χ4v) is 3.92. The highest BCUT2D eigenvalue weighted by molar-refractivity contribution is 6.31. The van der Waals surface area contributed by atoms with Gasteiger partial charge >= 0.3 is 0 Å². The molecule has 1 aliphatic rings. The second kappa shape index (κ2) is 11.9. The van der Waals surface area contributed by atoms with Crippen molar-refractivity contribution in [1.82, 2.24) is 0 Å². The second-order valence-corrected chi connectivity index (χ2v) is 7.65. The molecule has 32 heavy (non-hydrogen) atoms. The lowest BCUT2D eigenvalue weighted by atomic mass is 9.91. The first-order valence-electron chi connectivity index (χ1n) is 10.7. The molecular weight excluding hydrogens is 442 g/mol. The molecule has 0 aromatic heterocycles. The third-order valence-electron chi connectivity index (χ3n) is 5.22. The van der Waals surface area contributed by atoms with Crippen LogP contribution in [-0.4, -0.2) is 42.7 Å². The smallest absolute Gasteiger partial charge is 0.200 e. The van der Waals surface area contributed by atoms with Crippen LogP contribution in [0.2, 0.25) is 5.02 Å². The molecule has 1 heterocycles. The van der Waals surface area contributed by atoms with Gasteiger partial charge in [-0.2, -0.15) is 4.39 Å². The summed E-state index contributed by atoms with van der Waals surface area (Å²) in [5.74, 6) is -3.46. The van der Waals surface area contributed by atoms with Crippen molar-refractivity contribution in [3.63, 3.8) is 0 Å². The highest BCUT2D eigenvalue weighted by Gasteiger charge is 2.43. The fourth-order valence-electron chi connectivity index (χ4n) is 3.74. The third-order valence-corrected chi connectivity index (χ3v) is 5.59. The Labute approximate surface area is 192 Å². The molecule has 1 saturated heterocycles. The SMILES string of the molecule is CC.CCOc1ccc(Cc2cc([C@@]3(OC)CC(O)CC(CO)O3)ccc2Cl)c(F)c1F. The second-order valence-electron chi connectivity index (χ2n) is 7.24. The number of halogens is 3. The first-order valence-corrected chi connectivity index (χ1v) is 11.1. The van der Waals surface area contributed by atoms with E-state index in [1.165, 1.54) is 19.2 Å². The van der Waals surface area contributed by atoms with Gasteiger partial charge in [0.15, 0.2) is 17.4 Å². The van der Waals surface area contributed by atoms with E-state index in [0.717, 1.165) is 0 Å². The molecule has 0 radical (unpaired) electrons. The number of benzene rings is 2. The Morgan fingerprint density at radius 2 is 1.88 bits per heavy atom. The minimum atomic E-state index is -1.28. The van der Waals surface area contributed by atoms with Crippen molar-refractivity contribution in [1.29, 1.82) is 0 Å². The Balaban J connectivity index is 0.00000176. The molecule has 3 atom stereocenters. The molecule has 8 heteroatoms. The quantitative estimate of drug-likeness (QED) is 0.595. The first kappa shape index (κ1) is 26.5. The Bertz CT molecular complexity index is 895. The minimum absolute atomic E-state index is 0.0353. The molecule has 1 aliphatic heterocycles. The van der Waals surface area contributed by atoms with Crippen molar-refractivity contribution in [3.8, 4) is 5.75 Å². The monoisotopic (exact) mass is 472 g/mol. The van der Waals surface area contributed by atoms with E-state index in [1.807, 2.05) is 13.8 Å². The van der Waals surface area contributed by atoms with E-state index in [9.17, 15) is 19.0 Å². The number of ether oxygens (including phenoxy) is 3. The molecule has 0 saturated carbocycles. The molecule has 2 unspecified atom stereocenters. The van der Waals surface area contributed by atoms with E-state index in [1.54, 1.807) is 25.1 Å². The van der Waals surface area contributed by atoms with Gasteiger partial charge in [0.05, 0.1) is 25.4 Å². The van der Waals surface area contributed by atoms with Crippen molar-refractivity contribution in [2.24, 2.45) is 0 Å². The average Bonchev–Trinajstić information content (AvgIpc) is 2.80. The van der Waals surface area contributed by atoms with E-state index in [4.69, 9.17) is 25.8 Å². The molecule has 3 rings (SSSR count). The Morgan fingerprint density at radius 3 is 2.50 bits per heavy atom. The lowest BCUT2D eigenvalue weighted by Gasteiger charge is -2.42. The minimum Gasteiger partial charge on any atom is -0.491 e. The standard InChI is InChI=1S/C22H25ClF2O5.C2H6/c1-3-29-19-7-4-13(20(24)21(19)25)8-14-9-15(5-6-18(14)23)22(28-2)11-16(27)10-17(12-26)30-22;1-2/h4-7,9,16-17,26-27H,3,8,10-12H2,1-2H3;1-2H3/t16?,17?,22-;/m1./s1. The largest absolute Gasteiger partial charge is 0.491 e. The van der Waals surface area contributed by atoms with Crippen LogP contribution in [0.25, 0.3) is 0 Å². The molecule has 1 fully saturated rings. The van der Waals surface area contributed by atoms with E-state index in [0.29, 0.717) is 22.6 Å². The number of hydrogen-bond donors (Lipinski definition) is 2. The molecular formula is C24H31ClF2O5. The molecule has 0 bridgehead atoms. The maximum absolute atomic E-state index is 14.5. The summed E-state index contributed by atoms with van der Waals surface area (Å²) in [6.07, 6.45) is -0.836. The van der Waals surface area contributed by atoms with Gasteiger partial charge in [0.2, 0.25) is 5.82 Å². The molecule has 2 N–H and O–H groups in total. The van der Waals surface area contributed by atoms with Crippen molar-refractivity contribution in [3.05, 3.63) is 63.7 Å². The maximum Gasteiger partial charge on any atom is 0.200 e. The number of rotatable bonds is 7. The third kappa shape index (κ3) is 5.77. The predicted octanol–water partition coefficient (Wildman–Crippen LogP) is 4.97. The van der Waals surface area contributed by atoms with E-state index < -0.39 is 29.6 Å². The zero-order valence-corrected chi connectivity index (χ0v) is 19.6. The summed E-state index contributed by atoms with van der Waals surface area (Å²) < 4.78 is 45.4. The van der Waals surface area contributed by atoms with Gasteiger partial charge in [0.25, 0.3) is 0 Å². The highest BCUT2D eigenvalue weighted by atomic mass is 35.5. The van der Waals surface area contributed by atoms with Crippen LogP contribution in [-0.2, 0) is 21.7 Å². The van der Waals surface area contributed by atoms with E-state index in [2.05, 4.69) is 0 Å². The molecule has 0 spiro atoms. The topological polar surface area (TPSA) is 68.2 Å². The van der Waals surface area contributed by atoms with Gasteiger partial charge in [-0.3, -0.25) is 0 Å². The van der Waals surface area contributed by atoms with Gasteiger partial charge in [0.1, 0.15) is 0 Å². The molecule has 178 valence electrons. The summed E-state index contributed by atoms with van der Waals surface area (Å²) in [6, 6.07) is 7.84. The van der Waals surface area contributed by atoms with E-state index >= 15 is 0 Å². The number of methoxy groups -OCH3 is 1. The molecule has 5 nitrogen and oxygen atoms in total. The van der Waals surface area contributed by atoms with Crippen LogP contribution < -0.4 is 4.74 Å². The molecule has 2 aromatic rings. The van der Waals surface area contributed by atoms with Gasteiger partial charge in [0, 0.05) is 37.0 Å². The summed E-state index contributed by atoms with van der Waals surface area (Å²) >= 11 is 6.32. The summed E-state index contributed by atoms with van der Waals surface area (Å²) in [5, 5.41) is 20.1. The number of aliphatic hydroxyl groups excluding tert-OH is 2. The van der Waals surface area contributed by atoms with Crippen LogP contribution in [0.4, 0.5) is 8.78 Å². The summed E-state index contributed by atoms with van der Waals surface area (Å²) in [7, 11) is 1.45. The van der Waals surface area contributed by atoms with Crippen molar-refractivity contribution >= 4 is 11.6 Å². The number of aliphatic hydroxyl groups is 2. The Kier molecular flexibility index (Phi) is 9.85. The van der Waals surface area contributed by atoms with Crippen LogP contribution in [0.5, 0.6) is 5.75 Å². The van der Waals surface area contributed by atoms with Gasteiger partial charge in [-0.1, -0.05) is 37.6 Å². The van der Waals surface area contributed by atoms with Gasteiger partial charge < -0.3 is 24.4 Å². The van der Waals surface area contributed by atoms with E-state index in [-0.39, 0.29) is 37.4 Å². The lowest BCUT2D eigenvalue weighted by Crippen LogP contribution is -2.46. The lowest BCUT2D eigenvalue weighted by molar-refractivity contribution is -0.298. The van der Waals surface area contributed by atoms with Crippen LogP contribution in [0.1, 0.15) is 50.3 Å². The number of hydrogen-bond acceptors (Lipinski definition) is 5. The average molecular weight is 473 g/mol. The zero-order chi connectivity index (χ0) is 23.9. The summed E-state index contributed by atoms with van der Waals surface area (Å²) in [5.41, 5.74) is 1.23. The van der Waals surface area contributed by atoms with Crippen molar-refractivity contribution < 1.29 is 33.2 Å². The molecule has 0 aliphatic carbocycles. The van der Waals surface area contributed by atoms with Gasteiger partial charge in [-0.25, -0.2) is 4.39 Å². The van der Waals surface area contributed by atoms with Crippen LogP contribution in [0.3, 0.4) is 0 Å². The van der Waals surface area contributed by atoms with Crippen molar-refractivity contribution in [2.75, 3.05) is 20.3 Å². The zero-order valence-electron chi connectivity index (χ0n) is 18.8. The Hall–Kier alpha value is -1.77. The van der Waals surface area contributed by atoms with Crippen LogP contribution in [0, 0.1) is 11.6 Å². The van der Waals surface area contributed by atoms with Crippen LogP contribution in [0.15, 0.2) is 30.3 Å². The molecule has 0 amide bonds. The predicted molar refractivity (Wildman–Crippen MR) is 119 cm³/mol. The fraction of sp³-hybridized carbons (Fsp3) is 0.500. The Morgan fingerprint density at radius 1 is 1.16 bits per heavy atom. The summed E-state index contributed by atoms with van der Waals surface area (Å²) in [6.45, 7) is 5.65. The first-order chi connectivity index (χ1) is 15.3. The van der Waals surface area contributed by atoms with Crippen LogP contribution >= 0.6 is 11.6 Å². The maximum atomic E-state index is 14.5. The van der Waals surface area contributed by atoms with Gasteiger partial charge in [-0.05, 0) is 36.2 Å². The normalized spacial score (nSPS) is 22.8. The summed E-state index contributed by atoms with van der Waals surface area (Å²) in [4.78, 5) is 0.